The first-order valence-electron chi connectivity index (χ1n) is 5.74. The van der Waals surface area contributed by atoms with E-state index in [4.69, 9.17) is 11.6 Å². The van der Waals surface area contributed by atoms with Gasteiger partial charge in [0.05, 0.1) is 18.1 Å². The predicted octanol–water partition coefficient (Wildman–Crippen LogP) is 2.75. The summed E-state index contributed by atoms with van der Waals surface area (Å²) in [6.45, 7) is 7.83. The molecule has 1 saturated heterocycles. The molecule has 1 fully saturated rings. The average Bonchev–Trinajstić information content (AvgIpc) is 2.20. The first-order chi connectivity index (χ1) is 7.55. The Morgan fingerprint density at radius 1 is 1.38 bits per heavy atom. The van der Waals surface area contributed by atoms with Crippen molar-refractivity contribution in [1.29, 1.82) is 0 Å². The minimum absolute atomic E-state index is 0.429. The van der Waals surface area contributed by atoms with Gasteiger partial charge in [0, 0.05) is 13.1 Å². The number of nitrogens with zero attached hydrogens (tertiary/aromatic N) is 3. The number of aromatic nitrogens is 2. The molecular weight excluding hydrogens is 222 g/mol. The molecule has 0 amide bonds. The molecule has 0 unspecified atom stereocenters. The lowest BCUT2D eigenvalue weighted by atomic mass is 9.84. The topological polar surface area (TPSA) is 29.0 Å². The molecule has 1 aromatic rings. The number of hydrogen-bond donors (Lipinski definition) is 0. The highest BCUT2D eigenvalue weighted by Crippen LogP contribution is 2.28. The van der Waals surface area contributed by atoms with E-state index in [0.29, 0.717) is 10.6 Å². The van der Waals surface area contributed by atoms with Crippen LogP contribution in [0.4, 0.5) is 0 Å². The van der Waals surface area contributed by atoms with Crippen LogP contribution in [0.25, 0.3) is 0 Å². The van der Waals surface area contributed by atoms with Crippen LogP contribution in [0, 0.1) is 5.41 Å². The van der Waals surface area contributed by atoms with E-state index in [1.807, 2.05) is 0 Å². The maximum absolute atomic E-state index is 5.71. The number of piperidine rings is 1. The van der Waals surface area contributed by atoms with E-state index in [9.17, 15) is 0 Å². The third-order valence-corrected chi connectivity index (χ3v) is 3.23. The van der Waals surface area contributed by atoms with Gasteiger partial charge in [0.1, 0.15) is 5.15 Å². The summed E-state index contributed by atoms with van der Waals surface area (Å²) in [5, 5.41) is 0.461. The molecule has 4 heteroatoms. The maximum Gasteiger partial charge on any atom is 0.147 e. The van der Waals surface area contributed by atoms with Crippen LogP contribution < -0.4 is 0 Å². The van der Waals surface area contributed by atoms with Crippen LogP contribution >= 0.6 is 11.6 Å². The van der Waals surface area contributed by atoms with Crippen molar-refractivity contribution in [2.45, 2.75) is 33.2 Å². The van der Waals surface area contributed by atoms with E-state index in [0.717, 1.165) is 25.3 Å². The third-order valence-electron chi connectivity index (χ3n) is 3.04. The monoisotopic (exact) mass is 239 g/mol. The van der Waals surface area contributed by atoms with Gasteiger partial charge in [-0.25, -0.2) is 4.98 Å². The van der Waals surface area contributed by atoms with Gasteiger partial charge < -0.3 is 0 Å². The van der Waals surface area contributed by atoms with Gasteiger partial charge in [-0.3, -0.25) is 9.88 Å². The Labute approximate surface area is 102 Å². The molecule has 3 nitrogen and oxygen atoms in total. The minimum atomic E-state index is 0.429. The Bertz CT molecular complexity index is 348. The largest absolute Gasteiger partial charge is 0.297 e. The highest BCUT2D eigenvalue weighted by atomic mass is 35.5. The van der Waals surface area contributed by atoms with E-state index in [2.05, 4.69) is 28.7 Å². The molecule has 0 saturated carbocycles. The predicted molar refractivity (Wildman–Crippen MR) is 65.3 cm³/mol. The SMILES string of the molecule is CC1(C)CCCN(Cc2cnc(Cl)cn2)C1. The number of rotatable bonds is 2. The fraction of sp³-hybridized carbons (Fsp3) is 0.667. The second-order valence-electron chi connectivity index (χ2n) is 5.31. The van der Waals surface area contributed by atoms with Crippen molar-refractivity contribution in [3.8, 4) is 0 Å². The molecular formula is C12H18ClN3. The van der Waals surface area contributed by atoms with Gasteiger partial charge in [0.15, 0.2) is 0 Å². The Morgan fingerprint density at radius 3 is 2.81 bits per heavy atom. The summed E-state index contributed by atoms with van der Waals surface area (Å²) in [7, 11) is 0. The zero-order valence-corrected chi connectivity index (χ0v) is 10.7. The summed E-state index contributed by atoms with van der Waals surface area (Å²) >= 11 is 5.71. The minimum Gasteiger partial charge on any atom is -0.297 e. The van der Waals surface area contributed by atoms with Crippen molar-refractivity contribution in [2.75, 3.05) is 13.1 Å². The number of halogens is 1. The average molecular weight is 240 g/mol. The van der Waals surface area contributed by atoms with E-state index < -0.39 is 0 Å². The molecule has 0 aromatic carbocycles. The Hall–Kier alpha value is -0.670. The first kappa shape index (κ1) is 11.8. The fourth-order valence-corrected chi connectivity index (χ4v) is 2.43. The number of hydrogen-bond acceptors (Lipinski definition) is 3. The summed E-state index contributed by atoms with van der Waals surface area (Å²) in [5.41, 5.74) is 1.43. The molecule has 0 spiro atoms. The lowest BCUT2D eigenvalue weighted by Crippen LogP contribution is -2.39. The van der Waals surface area contributed by atoms with Crippen molar-refractivity contribution in [3.05, 3.63) is 23.2 Å². The molecule has 2 rings (SSSR count). The third kappa shape index (κ3) is 3.16. The smallest absolute Gasteiger partial charge is 0.147 e. The maximum atomic E-state index is 5.71. The second-order valence-corrected chi connectivity index (χ2v) is 5.70. The van der Waals surface area contributed by atoms with Gasteiger partial charge in [-0.15, -0.1) is 0 Å². The molecule has 1 aliphatic heterocycles. The van der Waals surface area contributed by atoms with Crippen molar-refractivity contribution >= 4 is 11.6 Å². The molecule has 0 radical (unpaired) electrons. The Morgan fingerprint density at radius 2 is 2.19 bits per heavy atom. The molecule has 0 bridgehead atoms. The summed E-state index contributed by atoms with van der Waals surface area (Å²) in [5.74, 6) is 0. The van der Waals surface area contributed by atoms with Crippen LogP contribution in [0.1, 0.15) is 32.4 Å². The number of likely N-dealkylation sites (tertiary alicyclic amines) is 1. The Balaban J connectivity index is 1.97. The van der Waals surface area contributed by atoms with Gasteiger partial charge in [-0.1, -0.05) is 25.4 Å². The first-order valence-corrected chi connectivity index (χ1v) is 6.12. The van der Waals surface area contributed by atoms with Crippen LogP contribution in [-0.4, -0.2) is 28.0 Å². The van der Waals surface area contributed by atoms with Crippen molar-refractivity contribution in [2.24, 2.45) is 5.41 Å². The van der Waals surface area contributed by atoms with Gasteiger partial charge >= 0.3 is 0 Å². The van der Waals surface area contributed by atoms with E-state index >= 15 is 0 Å². The summed E-state index contributed by atoms with van der Waals surface area (Å²) in [6, 6.07) is 0. The Kier molecular flexibility index (Phi) is 3.45. The molecule has 0 atom stereocenters. The van der Waals surface area contributed by atoms with E-state index in [1.54, 1.807) is 12.4 Å². The quantitative estimate of drug-likeness (QED) is 0.795. The van der Waals surface area contributed by atoms with Gasteiger partial charge in [0.2, 0.25) is 0 Å². The molecule has 16 heavy (non-hydrogen) atoms. The standard InChI is InChI=1S/C12H18ClN3/c1-12(2)4-3-5-16(9-12)8-10-6-15-11(13)7-14-10/h6-7H,3-5,8-9H2,1-2H3. The molecule has 0 N–H and O–H groups in total. The summed E-state index contributed by atoms with van der Waals surface area (Å²) in [6.07, 6.45) is 5.97. The lowest BCUT2D eigenvalue weighted by Gasteiger charge is -2.37. The molecule has 0 aliphatic carbocycles. The summed E-state index contributed by atoms with van der Waals surface area (Å²) in [4.78, 5) is 10.8. The van der Waals surface area contributed by atoms with Crippen LogP contribution in [0.2, 0.25) is 5.15 Å². The normalized spacial score (nSPS) is 20.9. The van der Waals surface area contributed by atoms with Gasteiger partial charge in [-0.05, 0) is 24.8 Å². The van der Waals surface area contributed by atoms with E-state index in [1.165, 1.54) is 12.8 Å². The lowest BCUT2D eigenvalue weighted by molar-refractivity contribution is 0.110. The fourth-order valence-electron chi connectivity index (χ4n) is 2.33. The summed E-state index contributed by atoms with van der Waals surface area (Å²) < 4.78 is 0. The van der Waals surface area contributed by atoms with Crippen LogP contribution in [-0.2, 0) is 6.54 Å². The van der Waals surface area contributed by atoms with Crippen LogP contribution in [0.15, 0.2) is 12.4 Å². The second kappa shape index (κ2) is 4.68. The van der Waals surface area contributed by atoms with E-state index in [-0.39, 0.29) is 0 Å². The highest BCUT2D eigenvalue weighted by molar-refractivity contribution is 6.29. The molecule has 2 heterocycles. The van der Waals surface area contributed by atoms with Crippen molar-refractivity contribution in [3.63, 3.8) is 0 Å². The van der Waals surface area contributed by atoms with Crippen LogP contribution in [0.5, 0.6) is 0 Å². The zero-order valence-electron chi connectivity index (χ0n) is 9.91. The van der Waals surface area contributed by atoms with Gasteiger partial charge in [-0.2, -0.15) is 0 Å². The zero-order chi connectivity index (χ0) is 11.6. The van der Waals surface area contributed by atoms with Crippen molar-refractivity contribution < 1.29 is 0 Å². The van der Waals surface area contributed by atoms with Gasteiger partial charge in [0.25, 0.3) is 0 Å². The van der Waals surface area contributed by atoms with Crippen LogP contribution in [0.3, 0.4) is 0 Å². The van der Waals surface area contributed by atoms with Crippen molar-refractivity contribution in [1.82, 2.24) is 14.9 Å². The highest BCUT2D eigenvalue weighted by Gasteiger charge is 2.26. The molecule has 88 valence electrons. The molecule has 1 aromatic heterocycles. The molecule has 1 aliphatic rings.